The highest BCUT2D eigenvalue weighted by Crippen LogP contribution is 2.32. The molecule has 7 nitrogen and oxygen atoms in total. The number of anilines is 2. The molecule has 0 aliphatic heterocycles. The lowest BCUT2D eigenvalue weighted by molar-refractivity contribution is 0.0983. The third-order valence-corrected chi connectivity index (χ3v) is 8.31. The standard InChI is InChI=1S/C27H22FN3O4S2/c1-17-14-24-25(15-18(17)2)36-27(29-24)31(16-22-4-3-13-35-22)26(32)19-5-9-21(10-6-19)30-37(33,34)23-11-7-20(28)8-12-23/h3-15,30H,16H2,1-2H3. The van der Waals surface area contributed by atoms with Gasteiger partial charge in [0.15, 0.2) is 5.13 Å². The number of hydrogen-bond acceptors (Lipinski definition) is 6. The number of nitrogens with one attached hydrogen (secondary N) is 1. The first-order valence-electron chi connectivity index (χ1n) is 11.3. The van der Waals surface area contributed by atoms with Crippen molar-refractivity contribution in [3.8, 4) is 0 Å². The third kappa shape index (κ3) is 5.25. The predicted molar refractivity (Wildman–Crippen MR) is 142 cm³/mol. The fourth-order valence-corrected chi connectivity index (χ4v) is 5.83. The predicted octanol–water partition coefficient (Wildman–Crippen LogP) is 6.29. The van der Waals surface area contributed by atoms with Gasteiger partial charge in [-0.15, -0.1) is 0 Å². The zero-order valence-corrected chi connectivity index (χ0v) is 21.6. The van der Waals surface area contributed by atoms with Crippen LogP contribution in [-0.2, 0) is 16.6 Å². The Morgan fingerprint density at radius 3 is 2.41 bits per heavy atom. The Bertz CT molecular complexity index is 1640. The minimum Gasteiger partial charge on any atom is -0.467 e. The maximum Gasteiger partial charge on any atom is 0.261 e. The lowest BCUT2D eigenvalue weighted by atomic mass is 10.1. The molecule has 0 saturated heterocycles. The van der Waals surface area contributed by atoms with Crippen LogP contribution in [0.25, 0.3) is 10.2 Å². The van der Waals surface area contributed by atoms with Gasteiger partial charge >= 0.3 is 0 Å². The first kappa shape index (κ1) is 24.7. The zero-order chi connectivity index (χ0) is 26.2. The second kappa shape index (κ2) is 9.79. The molecule has 0 saturated carbocycles. The lowest BCUT2D eigenvalue weighted by Crippen LogP contribution is -2.30. The van der Waals surface area contributed by atoms with Crippen LogP contribution in [0.5, 0.6) is 0 Å². The van der Waals surface area contributed by atoms with E-state index in [4.69, 9.17) is 9.40 Å². The van der Waals surface area contributed by atoms with Crippen molar-refractivity contribution in [1.82, 2.24) is 4.98 Å². The fourth-order valence-electron chi connectivity index (χ4n) is 3.73. The first-order chi connectivity index (χ1) is 17.7. The van der Waals surface area contributed by atoms with Crippen molar-refractivity contribution in [2.75, 3.05) is 9.62 Å². The Kier molecular flexibility index (Phi) is 6.53. The van der Waals surface area contributed by atoms with Gasteiger partial charge in [0.1, 0.15) is 11.6 Å². The Morgan fingerprint density at radius 1 is 1.03 bits per heavy atom. The van der Waals surface area contributed by atoms with Crippen LogP contribution in [0.2, 0.25) is 0 Å². The van der Waals surface area contributed by atoms with Crippen LogP contribution in [0.15, 0.2) is 88.4 Å². The Balaban J connectivity index is 1.43. The molecule has 1 amide bonds. The second-order valence-corrected chi connectivity index (χ2v) is 11.2. The van der Waals surface area contributed by atoms with Gasteiger partial charge in [0, 0.05) is 11.3 Å². The van der Waals surface area contributed by atoms with E-state index in [-0.39, 0.29) is 23.0 Å². The monoisotopic (exact) mass is 535 g/mol. The molecule has 0 spiro atoms. The molecule has 5 aromatic rings. The molecule has 3 aromatic carbocycles. The minimum absolute atomic E-state index is 0.0695. The Labute approximate surface area is 217 Å². The summed E-state index contributed by atoms with van der Waals surface area (Å²) in [5.41, 5.74) is 3.69. The molecule has 2 aromatic heterocycles. The largest absolute Gasteiger partial charge is 0.467 e. The van der Waals surface area contributed by atoms with Crippen molar-refractivity contribution in [1.29, 1.82) is 0 Å². The summed E-state index contributed by atoms with van der Waals surface area (Å²) in [6.45, 7) is 4.24. The SMILES string of the molecule is Cc1cc2nc(N(Cc3ccco3)C(=O)c3ccc(NS(=O)(=O)c4ccc(F)cc4)cc3)sc2cc1C. The van der Waals surface area contributed by atoms with Gasteiger partial charge in [-0.3, -0.25) is 14.4 Å². The van der Waals surface area contributed by atoms with E-state index in [1.165, 1.54) is 35.6 Å². The molecule has 2 heterocycles. The molecule has 1 N–H and O–H groups in total. The molecule has 0 atom stereocenters. The summed E-state index contributed by atoms with van der Waals surface area (Å²) >= 11 is 1.42. The molecule has 10 heteroatoms. The molecule has 0 aliphatic rings. The van der Waals surface area contributed by atoms with Crippen molar-refractivity contribution in [3.63, 3.8) is 0 Å². The maximum absolute atomic E-state index is 13.6. The summed E-state index contributed by atoms with van der Waals surface area (Å²) in [7, 11) is -3.91. The van der Waals surface area contributed by atoms with Crippen LogP contribution < -0.4 is 9.62 Å². The van der Waals surface area contributed by atoms with Gasteiger partial charge in [-0.05, 0) is 97.8 Å². The number of aromatic nitrogens is 1. The van der Waals surface area contributed by atoms with Crippen LogP contribution >= 0.6 is 11.3 Å². The minimum atomic E-state index is -3.91. The summed E-state index contributed by atoms with van der Waals surface area (Å²) in [5.74, 6) is -0.236. The van der Waals surface area contributed by atoms with Gasteiger partial charge in [-0.2, -0.15) is 0 Å². The zero-order valence-electron chi connectivity index (χ0n) is 19.9. The molecule has 37 heavy (non-hydrogen) atoms. The summed E-state index contributed by atoms with van der Waals surface area (Å²) in [6.07, 6.45) is 1.55. The number of nitrogens with zero attached hydrogens (tertiary/aromatic N) is 2. The number of amides is 1. The van der Waals surface area contributed by atoms with Crippen molar-refractivity contribution in [2.45, 2.75) is 25.3 Å². The van der Waals surface area contributed by atoms with Crippen molar-refractivity contribution < 1.29 is 22.0 Å². The number of carbonyl (C=O) groups excluding carboxylic acids is 1. The van der Waals surface area contributed by atoms with Crippen molar-refractivity contribution in [3.05, 3.63) is 107 Å². The third-order valence-electron chi connectivity index (χ3n) is 5.87. The second-order valence-electron chi connectivity index (χ2n) is 8.51. The van der Waals surface area contributed by atoms with Crippen LogP contribution in [0.1, 0.15) is 27.2 Å². The topological polar surface area (TPSA) is 92.5 Å². The number of fused-ring (bicyclic) bond motifs is 1. The molecule has 0 bridgehead atoms. The molecule has 0 unspecified atom stereocenters. The molecule has 188 valence electrons. The van der Waals surface area contributed by atoms with Gasteiger partial charge in [0.25, 0.3) is 15.9 Å². The Morgan fingerprint density at radius 2 is 1.73 bits per heavy atom. The summed E-state index contributed by atoms with van der Waals surface area (Å²) in [5, 5.41) is 0.530. The molecule has 0 radical (unpaired) electrons. The van der Waals surface area contributed by atoms with Gasteiger partial charge in [0.05, 0.1) is 27.9 Å². The van der Waals surface area contributed by atoms with E-state index in [1.54, 1.807) is 35.4 Å². The van der Waals surface area contributed by atoms with E-state index in [0.29, 0.717) is 16.5 Å². The number of carbonyl (C=O) groups is 1. The van der Waals surface area contributed by atoms with E-state index in [0.717, 1.165) is 33.5 Å². The van der Waals surface area contributed by atoms with Crippen LogP contribution in [0.3, 0.4) is 0 Å². The number of thiazole rings is 1. The molecule has 0 aliphatic carbocycles. The van der Waals surface area contributed by atoms with Gasteiger partial charge in [-0.1, -0.05) is 11.3 Å². The quantitative estimate of drug-likeness (QED) is 0.264. The number of benzene rings is 3. The molecule has 0 fully saturated rings. The van der Waals surface area contributed by atoms with E-state index < -0.39 is 15.8 Å². The average molecular weight is 536 g/mol. The summed E-state index contributed by atoms with van der Waals surface area (Å²) < 4.78 is 47.3. The summed E-state index contributed by atoms with van der Waals surface area (Å²) in [6, 6.07) is 18.2. The van der Waals surface area contributed by atoms with Gasteiger partial charge in [0.2, 0.25) is 0 Å². The number of halogens is 1. The smallest absolute Gasteiger partial charge is 0.261 e. The molecular weight excluding hydrogens is 513 g/mol. The highest BCUT2D eigenvalue weighted by atomic mass is 32.2. The number of sulfonamides is 1. The van der Waals surface area contributed by atoms with Crippen molar-refractivity contribution >= 4 is 48.3 Å². The highest BCUT2D eigenvalue weighted by molar-refractivity contribution is 7.92. The number of aryl methyl sites for hydroxylation is 2. The maximum atomic E-state index is 13.6. The van der Waals surface area contributed by atoms with Crippen molar-refractivity contribution in [2.24, 2.45) is 0 Å². The van der Waals surface area contributed by atoms with E-state index in [2.05, 4.69) is 10.8 Å². The van der Waals surface area contributed by atoms with Crippen LogP contribution in [0, 0.1) is 19.7 Å². The number of rotatable bonds is 7. The van der Waals surface area contributed by atoms with Gasteiger partial charge in [-0.25, -0.2) is 17.8 Å². The molecule has 5 rings (SSSR count). The highest BCUT2D eigenvalue weighted by Gasteiger charge is 2.23. The fraction of sp³-hybridized carbons (Fsp3) is 0.111. The van der Waals surface area contributed by atoms with Gasteiger partial charge < -0.3 is 4.42 Å². The van der Waals surface area contributed by atoms with E-state index in [1.807, 2.05) is 19.9 Å². The van der Waals surface area contributed by atoms with E-state index in [9.17, 15) is 17.6 Å². The lowest BCUT2D eigenvalue weighted by Gasteiger charge is -2.19. The normalized spacial score (nSPS) is 11.5. The van der Waals surface area contributed by atoms with Crippen LogP contribution in [0.4, 0.5) is 15.2 Å². The number of furan rings is 1. The average Bonchev–Trinajstić information content (AvgIpc) is 3.53. The number of hydrogen-bond donors (Lipinski definition) is 1. The molecular formula is C27H22FN3O4S2. The summed E-state index contributed by atoms with van der Waals surface area (Å²) in [4.78, 5) is 19.8. The van der Waals surface area contributed by atoms with Crippen LogP contribution in [-0.4, -0.2) is 19.3 Å². The van der Waals surface area contributed by atoms with E-state index >= 15 is 0 Å². The first-order valence-corrected chi connectivity index (χ1v) is 13.6. The Hall–Kier alpha value is -4.02.